The van der Waals surface area contributed by atoms with E-state index in [4.69, 9.17) is 42.6 Å². The van der Waals surface area contributed by atoms with Crippen molar-refractivity contribution >= 4 is 35.9 Å². The highest BCUT2D eigenvalue weighted by molar-refractivity contribution is 5.69. The summed E-state index contributed by atoms with van der Waals surface area (Å²) in [4.78, 5) is 73.0. The molecule has 0 spiro atoms. The molecule has 2 aliphatic heterocycles. The minimum atomic E-state index is -1.60. The van der Waals surface area contributed by atoms with Gasteiger partial charge in [-0.25, -0.2) is 4.79 Å². The zero-order valence-corrected chi connectivity index (χ0v) is 26.5. The van der Waals surface area contributed by atoms with Gasteiger partial charge in [0, 0.05) is 41.7 Å². The first-order valence-electron chi connectivity index (χ1n) is 14.9. The normalized spacial score (nSPS) is 33.0. The number of alkyl carbamates (subject to hydrolysis) is 1. The van der Waals surface area contributed by atoms with E-state index in [1.54, 1.807) is 6.92 Å². The number of esters is 5. The van der Waals surface area contributed by atoms with E-state index in [1.165, 1.54) is 20.9 Å². The van der Waals surface area contributed by atoms with E-state index in [2.05, 4.69) is 5.32 Å². The number of amides is 1. The van der Waals surface area contributed by atoms with Gasteiger partial charge in [-0.3, -0.25) is 24.0 Å². The lowest BCUT2D eigenvalue weighted by molar-refractivity contribution is -0.341. The molecule has 2 heterocycles. The molecule has 10 atom stereocenters. The predicted molar refractivity (Wildman–Crippen MR) is 148 cm³/mol. The van der Waals surface area contributed by atoms with Crippen molar-refractivity contribution in [2.75, 3.05) is 13.7 Å². The van der Waals surface area contributed by atoms with Crippen LogP contribution in [-0.2, 0) is 66.6 Å². The van der Waals surface area contributed by atoms with Gasteiger partial charge >= 0.3 is 35.9 Å². The second-order valence-electron chi connectivity index (χ2n) is 11.3. The summed E-state index contributed by atoms with van der Waals surface area (Å²) in [6, 6.07) is 0. The van der Waals surface area contributed by atoms with E-state index in [-0.39, 0.29) is 0 Å². The number of hydrogen-bond donors (Lipinski definition) is 1. The molecule has 16 heteroatoms. The second kappa shape index (κ2) is 16.2. The smallest absolute Gasteiger partial charge is 0.407 e. The third-order valence-corrected chi connectivity index (χ3v) is 7.65. The van der Waals surface area contributed by atoms with Crippen molar-refractivity contribution in [3.05, 3.63) is 0 Å². The lowest BCUT2D eigenvalue weighted by Gasteiger charge is -2.49. The van der Waals surface area contributed by atoms with Crippen molar-refractivity contribution in [1.29, 1.82) is 0 Å². The van der Waals surface area contributed by atoms with Crippen LogP contribution in [0.1, 0.15) is 67.2 Å². The molecule has 1 aliphatic carbocycles. The molecule has 45 heavy (non-hydrogen) atoms. The number of ether oxygens (including phenoxy) is 9. The third kappa shape index (κ3) is 9.99. The second-order valence-corrected chi connectivity index (χ2v) is 11.3. The first kappa shape index (κ1) is 36.0. The molecule has 2 saturated heterocycles. The number of nitrogens with one attached hydrogen (secondary N) is 1. The van der Waals surface area contributed by atoms with Crippen LogP contribution in [-0.4, -0.2) is 111 Å². The summed E-state index contributed by atoms with van der Waals surface area (Å²) in [6.45, 7) is 6.94. The van der Waals surface area contributed by atoms with Gasteiger partial charge in [-0.2, -0.15) is 0 Å². The molecule has 1 unspecified atom stereocenters. The quantitative estimate of drug-likeness (QED) is 0.247. The molecule has 3 rings (SSSR count). The fourth-order valence-electron chi connectivity index (χ4n) is 5.64. The summed E-state index contributed by atoms with van der Waals surface area (Å²) in [6.07, 6.45) is -9.62. The van der Waals surface area contributed by atoms with Crippen LogP contribution in [0.2, 0.25) is 0 Å². The Balaban J connectivity index is 2.04. The first-order chi connectivity index (χ1) is 21.2. The van der Waals surface area contributed by atoms with Gasteiger partial charge in [-0.15, -0.1) is 0 Å². The fourth-order valence-corrected chi connectivity index (χ4v) is 5.64. The van der Waals surface area contributed by atoms with Crippen molar-refractivity contribution in [1.82, 2.24) is 5.32 Å². The van der Waals surface area contributed by atoms with Crippen molar-refractivity contribution < 1.29 is 71.4 Å². The van der Waals surface area contributed by atoms with Crippen LogP contribution in [0.5, 0.6) is 0 Å². The van der Waals surface area contributed by atoms with Gasteiger partial charge in [0.2, 0.25) is 0 Å². The highest BCUT2D eigenvalue weighted by atomic mass is 16.8. The number of carbonyl (C=O) groups is 6. The average Bonchev–Trinajstić information content (AvgIpc) is 2.90. The lowest BCUT2D eigenvalue weighted by Crippen LogP contribution is -2.66. The van der Waals surface area contributed by atoms with E-state index in [0.29, 0.717) is 12.3 Å². The Hall–Kier alpha value is -3.50. The maximum atomic E-state index is 12.5. The minimum absolute atomic E-state index is 0.340. The Kier molecular flexibility index (Phi) is 12.9. The van der Waals surface area contributed by atoms with Crippen molar-refractivity contribution in [2.45, 2.75) is 128 Å². The molecule has 0 radical (unpaired) electrons. The minimum Gasteiger partial charge on any atom is -0.463 e. The molecule has 0 aromatic heterocycles. The van der Waals surface area contributed by atoms with E-state index >= 15 is 0 Å². The van der Waals surface area contributed by atoms with E-state index in [1.807, 2.05) is 0 Å². The average molecular weight is 646 g/mol. The fraction of sp³-hybridized carbons (Fsp3) is 0.793. The Morgan fingerprint density at radius 2 is 1.16 bits per heavy atom. The van der Waals surface area contributed by atoms with Gasteiger partial charge in [-0.1, -0.05) is 19.3 Å². The van der Waals surface area contributed by atoms with Gasteiger partial charge in [-0.05, 0) is 19.3 Å². The van der Waals surface area contributed by atoms with Gasteiger partial charge in [0.25, 0.3) is 0 Å². The van der Waals surface area contributed by atoms with Crippen LogP contribution >= 0.6 is 0 Å². The predicted octanol–water partition coefficient (Wildman–Crippen LogP) is 1.09. The third-order valence-electron chi connectivity index (χ3n) is 7.65. The standard InChI is InChI=1S/C29H43NO15/c1-13-22(25(41-17(5)34)23(39-15(3)32)20(38-13)11-19-9-8-10-19)44-28-27(45-29(36)30-7)26(42-18(6)35)24(40-16(4)33)21(43-28)12-37-14(2)31/h13,19-28H,8-12H2,1-7H3,(H,30,36)/t13?,20-,21+,22+,23+,24+,25+,26-,27-,28+/m0/s1. The molecule has 1 N–H and O–H groups in total. The number of hydrogen-bond acceptors (Lipinski definition) is 15. The Labute approximate surface area is 260 Å². The highest BCUT2D eigenvalue weighted by Crippen LogP contribution is 2.39. The molecule has 3 fully saturated rings. The van der Waals surface area contributed by atoms with Crippen LogP contribution in [0, 0.1) is 5.92 Å². The Bertz CT molecular complexity index is 1090. The number of rotatable bonds is 11. The topological polar surface area (TPSA) is 198 Å². The maximum Gasteiger partial charge on any atom is 0.407 e. The zero-order valence-electron chi connectivity index (χ0n) is 26.5. The van der Waals surface area contributed by atoms with Crippen LogP contribution in [0.15, 0.2) is 0 Å². The Morgan fingerprint density at radius 1 is 0.644 bits per heavy atom. The van der Waals surface area contributed by atoms with Gasteiger partial charge in [0.05, 0.1) is 12.2 Å². The molecular weight excluding hydrogens is 602 g/mol. The monoisotopic (exact) mass is 645 g/mol. The molecule has 0 aromatic rings. The molecule has 3 aliphatic rings. The van der Waals surface area contributed by atoms with Gasteiger partial charge in [0.15, 0.2) is 36.8 Å². The maximum absolute atomic E-state index is 12.5. The van der Waals surface area contributed by atoms with E-state index in [0.717, 1.165) is 40.0 Å². The molecule has 1 amide bonds. The van der Waals surface area contributed by atoms with Gasteiger partial charge in [0.1, 0.15) is 18.8 Å². The summed E-state index contributed by atoms with van der Waals surface area (Å²) >= 11 is 0. The molecule has 254 valence electrons. The number of carbonyl (C=O) groups excluding carboxylic acids is 6. The van der Waals surface area contributed by atoms with Crippen molar-refractivity contribution in [2.24, 2.45) is 5.92 Å². The summed E-state index contributed by atoms with van der Waals surface area (Å²) < 4.78 is 51.6. The van der Waals surface area contributed by atoms with Crippen LogP contribution in [0.3, 0.4) is 0 Å². The highest BCUT2D eigenvalue weighted by Gasteiger charge is 2.56. The van der Waals surface area contributed by atoms with Crippen LogP contribution in [0.4, 0.5) is 4.79 Å². The molecule has 1 saturated carbocycles. The Morgan fingerprint density at radius 3 is 1.62 bits per heavy atom. The first-order valence-corrected chi connectivity index (χ1v) is 14.9. The zero-order chi connectivity index (χ0) is 33.4. The largest absolute Gasteiger partial charge is 0.463 e. The van der Waals surface area contributed by atoms with E-state index < -0.39 is 104 Å². The molecule has 16 nitrogen and oxygen atoms in total. The van der Waals surface area contributed by atoms with Crippen LogP contribution < -0.4 is 5.32 Å². The summed E-state index contributed by atoms with van der Waals surface area (Å²) in [5.41, 5.74) is 0. The summed E-state index contributed by atoms with van der Waals surface area (Å²) in [5, 5.41) is 2.28. The molecule has 0 bridgehead atoms. The molecule has 0 aromatic carbocycles. The summed E-state index contributed by atoms with van der Waals surface area (Å²) in [5.74, 6) is -3.29. The summed E-state index contributed by atoms with van der Waals surface area (Å²) in [7, 11) is 1.29. The van der Waals surface area contributed by atoms with E-state index in [9.17, 15) is 28.8 Å². The van der Waals surface area contributed by atoms with Crippen LogP contribution in [0.25, 0.3) is 0 Å². The SMILES string of the molecule is CNC(=O)O[C@@H]1[C@@H](O[C@@H]2C(C)O[C@@H](CC3CCC3)[C@@H](OC(C)=O)[C@@H]2OC(C)=O)O[C@H](COC(C)=O)[C@@H](OC(C)=O)[C@@H]1OC(C)=O. The van der Waals surface area contributed by atoms with Gasteiger partial charge < -0.3 is 47.9 Å². The lowest BCUT2D eigenvalue weighted by atomic mass is 9.79. The van der Waals surface area contributed by atoms with Crippen molar-refractivity contribution in [3.63, 3.8) is 0 Å². The van der Waals surface area contributed by atoms with Crippen molar-refractivity contribution in [3.8, 4) is 0 Å². The molecular formula is C29H43NO15.